The number of amides is 2. The van der Waals surface area contributed by atoms with Crippen molar-refractivity contribution in [2.24, 2.45) is 0 Å². The van der Waals surface area contributed by atoms with E-state index in [9.17, 15) is 18.4 Å². The molecular formula is C26H33F2N3O4. The van der Waals surface area contributed by atoms with Gasteiger partial charge in [0.2, 0.25) is 5.91 Å². The van der Waals surface area contributed by atoms with Gasteiger partial charge in [0.1, 0.15) is 16.9 Å². The zero-order valence-corrected chi connectivity index (χ0v) is 20.6. The Morgan fingerprint density at radius 1 is 1.14 bits per heavy atom. The van der Waals surface area contributed by atoms with Gasteiger partial charge < -0.3 is 19.7 Å². The highest BCUT2D eigenvalue weighted by atomic mass is 19.3. The maximum Gasteiger partial charge on any atom is 0.408 e. The van der Waals surface area contributed by atoms with Gasteiger partial charge in [-0.05, 0) is 76.3 Å². The van der Waals surface area contributed by atoms with Gasteiger partial charge in [-0.3, -0.25) is 9.78 Å². The van der Waals surface area contributed by atoms with E-state index in [-0.39, 0.29) is 24.1 Å². The lowest BCUT2D eigenvalue weighted by Crippen LogP contribution is -2.60. The summed E-state index contributed by atoms with van der Waals surface area (Å²) >= 11 is 0. The molecule has 0 aliphatic carbocycles. The van der Waals surface area contributed by atoms with E-state index in [4.69, 9.17) is 4.74 Å². The number of alkyl halides is 2. The molecule has 3 rings (SSSR count). The average Bonchev–Trinajstić information content (AvgIpc) is 2.79. The van der Waals surface area contributed by atoms with Crippen LogP contribution in [0.4, 0.5) is 13.6 Å². The number of likely N-dealkylation sites (tertiary alicyclic amines) is 1. The van der Waals surface area contributed by atoms with Crippen molar-refractivity contribution >= 4 is 12.0 Å². The summed E-state index contributed by atoms with van der Waals surface area (Å²) < 4.78 is 34.9. The first kappa shape index (κ1) is 26.4. The van der Waals surface area contributed by atoms with Crippen LogP contribution in [-0.4, -0.2) is 46.2 Å². The van der Waals surface area contributed by atoms with E-state index in [2.05, 4.69) is 15.0 Å². The lowest BCUT2D eigenvalue weighted by molar-refractivity contribution is -0.141. The van der Waals surface area contributed by atoms with Crippen LogP contribution in [0.5, 0.6) is 5.75 Å². The number of carbonyl (C=O) groups excluding carboxylic acids is 2. The summed E-state index contributed by atoms with van der Waals surface area (Å²) in [5.74, 6) is -0.227. The van der Waals surface area contributed by atoms with Crippen molar-refractivity contribution in [3.63, 3.8) is 0 Å². The van der Waals surface area contributed by atoms with Gasteiger partial charge in [-0.2, -0.15) is 8.78 Å². The second-order valence-corrected chi connectivity index (χ2v) is 9.95. The van der Waals surface area contributed by atoms with Crippen LogP contribution in [-0.2, 0) is 16.0 Å². The predicted molar refractivity (Wildman–Crippen MR) is 127 cm³/mol. The molecule has 2 heterocycles. The number of alkyl carbamates (subject to hydrolysis) is 1. The van der Waals surface area contributed by atoms with Gasteiger partial charge in [0, 0.05) is 25.4 Å². The summed E-state index contributed by atoms with van der Waals surface area (Å²) in [6.45, 7) is 4.53. The maximum absolute atomic E-state index is 14.0. The van der Waals surface area contributed by atoms with Crippen LogP contribution in [0.15, 0.2) is 48.8 Å². The van der Waals surface area contributed by atoms with Crippen LogP contribution >= 0.6 is 0 Å². The van der Waals surface area contributed by atoms with Crippen molar-refractivity contribution in [2.75, 3.05) is 6.54 Å². The fourth-order valence-electron chi connectivity index (χ4n) is 4.31. The zero-order chi connectivity index (χ0) is 25.6. The minimum atomic E-state index is -2.93. The minimum absolute atomic E-state index is 0.0181. The molecule has 7 nitrogen and oxygen atoms in total. The molecule has 0 radical (unpaired) electrons. The van der Waals surface area contributed by atoms with Crippen molar-refractivity contribution in [2.45, 2.75) is 77.2 Å². The Morgan fingerprint density at radius 2 is 1.86 bits per heavy atom. The Morgan fingerprint density at radius 3 is 2.46 bits per heavy atom. The Kier molecular flexibility index (Phi) is 8.30. The molecule has 1 saturated heterocycles. The topological polar surface area (TPSA) is 80.8 Å². The van der Waals surface area contributed by atoms with Gasteiger partial charge >= 0.3 is 12.7 Å². The number of nitrogens with zero attached hydrogens (tertiary/aromatic N) is 2. The molecule has 0 bridgehead atoms. The number of nitrogens with one attached hydrogen (secondary N) is 1. The normalized spacial score (nSPS) is 18.0. The number of ether oxygens (including phenoxy) is 2. The van der Waals surface area contributed by atoms with Gasteiger partial charge in [0.15, 0.2) is 0 Å². The third-order valence-corrected chi connectivity index (χ3v) is 5.79. The van der Waals surface area contributed by atoms with Crippen molar-refractivity contribution in [1.82, 2.24) is 15.2 Å². The van der Waals surface area contributed by atoms with E-state index >= 15 is 0 Å². The molecule has 190 valence electrons. The van der Waals surface area contributed by atoms with Gasteiger partial charge in [0.25, 0.3) is 0 Å². The Bertz CT molecular complexity index is 996. The van der Waals surface area contributed by atoms with E-state index in [0.29, 0.717) is 12.1 Å². The Balaban J connectivity index is 1.90. The van der Waals surface area contributed by atoms with Gasteiger partial charge in [-0.1, -0.05) is 18.2 Å². The molecule has 2 atom stereocenters. The van der Waals surface area contributed by atoms with E-state index in [1.54, 1.807) is 57.1 Å². The monoisotopic (exact) mass is 489 g/mol. The fourth-order valence-corrected chi connectivity index (χ4v) is 4.31. The van der Waals surface area contributed by atoms with Crippen LogP contribution in [0.25, 0.3) is 0 Å². The lowest BCUT2D eigenvalue weighted by atomic mass is 9.88. The van der Waals surface area contributed by atoms with Crippen molar-refractivity contribution in [3.05, 3.63) is 59.9 Å². The quantitative estimate of drug-likeness (QED) is 0.574. The zero-order valence-electron chi connectivity index (χ0n) is 20.6. The molecule has 1 N–H and O–H groups in total. The summed E-state index contributed by atoms with van der Waals surface area (Å²) in [5.41, 5.74) is -0.473. The van der Waals surface area contributed by atoms with Gasteiger partial charge in [-0.25, -0.2) is 4.79 Å². The summed E-state index contributed by atoms with van der Waals surface area (Å²) in [4.78, 5) is 32.8. The summed E-state index contributed by atoms with van der Waals surface area (Å²) in [6.07, 6.45) is 5.50. The largest absolute Gasteiger partial charge is 0.444 e. The number of hydrogen-bond acceptors (Lipinski definition) is 5. The van der Waals surface area contributed by atoms with E-state index < -0.39 is 23.8 Å². The molecule has 2 amide bonds. The molecule has 0 unspecified atom stereocenters. The molecule has 1 fully saturated rings. The second kappa shape index (κ2) is 11.0. The van der Waals surface area contributed by atoms with Crippen molar-refractivity contribution in [3.8, 4) is 5.75 Å². The molecule has 0 saturated carbocycles. The first-order valence-corrected chi connectivity index (χ1v) is 11.7. The molecule has 1 aromatic heterocycles. The highest BCUT2D eigenvalue weighted by molar-refractivity contribution is 5.90. The maximum atomic E-state index is 14.0. The molecule has 1 aliphatic heterocycles. The fraction of sp³-hybridized carbons (Fsp3) is 0.500. The first-order valence-electron chi connectivity index (χ1n) is 11.7. The van der Waals surface area contributed by atoms with E-state index in [0.717, 1.165) is 24.8 Å². The average molecular weight is 490 g/mol. The Hall–Kier alpha value is -3.23. The molecule has 35 heavy (non-hydrogen) atoms. The summed E-state index contributed by atoms with van der Waals surface area (Å²) in [7, 11) is 0. The van der Waals surface area contributed by atoms with Crippen molar-refractivity contribution < 1.29 is 27.8 Å². The number of benzene rings is 1. The summed E-state index contributed by atoms with van der Waals surface area (Å²) in [5, 5.41) is 2.80. The minimum Gasteiger partial charge on any atom is -0.444 e. The summed E-state index contributed by atoms with van der Waals surface area (Å²) in [6, 6.07) is 9.67. The number of rotatable bonds is 7. The molecule has 9 heteroatoms. The number of aromatic nitrogens is 1. The van der Waals surface area contributed by atoms with Crippen LogP contribution in [0.3, 0.4) is 0 Å². The SMILES string of the molecule is CC(C)(C)OC(=O)N[C@](C)(Cc1ccc(OC(F)F)cc1)C(=O)N1CCCC[C@@H]1c1cccnc1. The van der Waals surface area contributed by atoms with Gasteiger partial charge in [0.05, 0.1) is 6.04 Å². The standard InChI is InChI=1S/C26H33F2N3O4/c1-25(2,3)35-24(33)30-26(4,16-18-10-12-20(13-11-18)34-23(27)28)22(32)31-15-6-5-9-21(31)19-8-7-14-29-17-19/h7-8,10-14,17,21,23H,5-6,9,15-16H2,1-4H3,(H,30,33)/t21-,26-/m1/s1. The van der Waals surface area contributed by atoms with Crippen molar-refractivity contribution in [1.29, 1.82) is 0 Å². The van der Waals surface area contributed by atoms with Crippen LogP contribution in [0.1, 0.15) is 64.1 Å². The number of hydrogen-bond donors (Lipinski definition) is 1. The van der Waals surface area contributed by atoms with Crippen LogP contribution in [0.2, 0.25) is 0 Å². The molecule has 1 aromatic carbocycles. The molecule has 1 aliphatic rings. The van der Waals surface area contributed by atoms with E-state index in [1.165, 1.54) is 12.1 Å². The first-order chi connectivity index (χ1) is 16.5. The highest BCUT2D eigenvalue weighted by Gasteiger charge is 2.42. The van der Waals surface area contributed by atoms with Crippen LogP contribution in [0, 0.1) is 0 Å². The predicted octanol–water partition coefficient (Wildman–Crippen LogP) is 5.26. The number of pyridine rings is 1. The van der Waals surface area contributed by atoms with Gasteiger partial charge in [-0.15, -0.1) is 0 Å². The molecule has 0 spiro atoms. The Labute approximate surface area is 204 Å². The molecular weight excluding hydrogens is 456 g/mol. The van der Waals surface area contributed by atoms with E-state index in [1.807, 2.05) is 12.1 Å². The number of piperidine rings is 1. The second-order valence-electron chi connectivity index (χ2n) is 9.95. The van der Waals surface area contributed by atoms with Crippen LogP contribution < -0.4 is 10.1 Å². The number of carbonyl (C=O) groups is 2. The lowest BCUT2D eigenvalue weighted by Gasteiger charge is -2.42. The molecule has 2 aromatic rings. The third-order valence-electron chi connectivity index (χ3n) is 5.79. The smallest absolute Gasteiger partial charge is 0.408 e. The highest BCUT2D eigenvalue weighted by Crippen LogP contribution is 2.33. The number of halogens is 2. The third kappa shape index (κ3) is 7.37.